The van der Waals surface area contributed by atoms with Crippen LogP contribution >= 0.6 is 15.9 Å². The molecule has 0 saturated heterocycles. The minimum Gasteiger partial charge on any atom is -0.504 e. The van der Waals surface area contributed by atoms with E-state index in [0.717, 1.165) is 0 Å². The van der Waals surface area contributed by atoms with Gasteiger partial charge in [0.05, 0.1) is 40.3 Å². The standard InChI is InChI=1S/C34H28BrF6N3O7S/c1-17-12-18(14-52(47,48)44-31(46)32(9-10-32)22-13-19(35)6-8-23(22)49-2)5-7-20(17)27-24-25(30(43-27)51-16-34(39,40)41)26-21(4-3-11-42-26)29(28(24)45)50-15-33(36,37)38/h3-8,11-13,43,45H,9-10,14-16H2,1-2H3,(H,44,46). The summed E-state index contributed by atoms with van der Waals surface area (Å²) in [4.78, 5) is 20.2. The second-order valence-electron chi connectivity index (χ2n) is 12.2. The van der Waals surface area contributed by atoms with Gasteiger partial charge in [0.1, 0.15) is 5.75 Å². The molecule has 0 aliphatic heterocycles. The number of aryl methyl sites for hydroxylation is 1. The quantitative estimate of drug-likeness (QED) is 0.115. The monoisotopic (exact) mass is 815 g/mol. The highest BCUT2D eigenvalue weighted by molar-refractivity contribution is 9.10. The first-order chi connectivity index (χ1) is 24.3. The number of methoxy groups -OCH3 is 1. The van der Waals surface area contributed by atoms with Crippen LogP contribution in [-0.2, 0) is 26.0 Å². The van der Waals surface area contributed by atoms with E-state index in [4.69, 9.17) is 14.2 Å². The van der Waals surface area contributed by atoms with Gasteiger partial charge in [0.2, 0.25) is 21.8 Å². The van der Waals surface area contributed by atoms with Gasteiger partial charge in [0.25, 0.3) is 0 Å². The van der Waals surface area contributed by atoms with Crippen molar-refractivity contribution >= 4 is 53.5 Å². The van der Waals surface area contributed by atoms with Gasteiger partial charge in [-0.15, -0.1) is 0 Å². The summed E-state index contributed by atoms with van der Waals surface area (Å²) in [6.07, 6.45) is -7.52. The summed E-state index contributed by atoms with van der Waals surface area (Å²) >= 11 is 3.37. The van der Waals surface area contributed by atoms with Gasteiger partial charge in [-0.1, -0.05) is 34.1 Å². The summed E-state index contributed by atoms with van der Waals surface area (Å²) in [7, 11) is -2.82. The zero-order valence-corrected chi connectivity index (χ0v) is 29.5. The molecule has 6 rings (SSSR count). The van der Waals surface area contributed by atoms with E-state index in [9.17, 15) is 44.7 Å². The Labute approximate surface area is 300 Å². The van der Waals surface area contributed by atoms with Crippen LogP contribution < -0.4 is 18.9 Å². The Balaban J connectivity index is 1.37. The van der Waals surface area contributed by atoms with Gasteiger partial charge in [0.15, 0.2) is 24.7 Å². The van der Waals surface area contributed by atoms with Crippen molar-refractivity contribution in [3.8, 4) is 34.4 Å². The van der Waals surface area contributed by atoms with Crippen LogP contribution in [0.5, 0.6) is 23.1 Å². The Bertz CT molecular complexity index is 2320. The third-order valence-corrected chi connectivity index (χ3v) is 10.2. The predicted octanol–water partition coefficient (Wildman–Crippen LogP) is 7.73. The minimum atomic E-state index is -4.80. The summed E-state index contributed by atoms with van der Waals surface area (Å²) < 4.78 is 124. The summed E-state index contributed by atoms with van der Waals surface area (Å²) in [5.74, 6) is -2.84. The van der Waals surface area contributed by atoms with Crippen LogP contribution in [-0.4, -0.2) is 62.1 Å². The number of carbonyl (C=O) groups is 1. The number of benzene rings is 3. The number of fused-ring (bicyclic) bond motifs is 3. The molecule has 1 fully saturated rings. The van der Waals surface area contributed by atoms with E-state index >= 15 is 0 Å². The number of hydrogen-bond acceptors (Lipinski definition) is 8. The van der Waals surface area contributed by atoms with Crippen LogP contribution in [0.15, 0.2) is 59.2 Å². The van der Waals surface area contributed by atoms with Crippen molar-refractivity contribution in [2.75, 3.05) is 20.3 Å². The number of carbonyl (C=O) groups excluding carboxylic acids is 1. The Hall–Kier alpha value is -4.71. The molecule has 3 aromatic carbocycles. The molecule has 10 nitrogen and oxygen atoms in total. The number of rotatable bonds is 11. The number of halogens is 7. The predicted molar refractivity (Wildman–Crippen MR) is 181 cm³/mol. The van der Waals surface area contributed by atoms with Gasteiger partial charge >= 0.3 is 12.4 Å². The molecule has 0 bridgehead atoms. The van der Waals surface area contributed by atoms with E-state index in [1.807, 2.05) is 0 Å². The van der Waals surface area contributed by atoms with E-state index in [1.54, 1.807) is 25.1 Å². The van der Waals surface area contributed by atoms with Crippen LogP contribution in [0.1, 0.15) is 29.5 Å². The van der Waals surface area contributed by atoms with Crippen LogP contribution in [0.2, 0.25) is 0 Å². The van der Waals surface area contributed by atoms with Crippen molar-refractivity contribution in [1.82, 2.24) is 14.7 Å². The lowest BCUT2D eigenvalue weighted by atomic mass is 9.94. The molecule has 0 radical (unpaired) electrons. The number of aromatic hydroxyl groups is 1. The first-order valence-electron chi connectivity index (χ1n) is 15.4. The van der Waals surface area contributed by atoms with Gasteiger partial charge in [-0.2, -0.15) is 26.3 Å². The molecule has 1 amide bonds. The summed E-state index contributed by atoms with van der Waals surface area (Å²) in [5.41, 5.74) is 0.0498. The molecule has 0 unspecified atom stereocenters. The first kappa shape index (κ1) is 37.1. The third kappa shape index (κ3) is 7.44. The summed E-state index contributed by atoms with van der Waals surface area (Å²) in [6, 6.07) is 12.0. The molecule has 276 valence electrons. The number of alkyl halides is 6. The number of sulfonamides is 1. The van der Waals surface area contributed by atoms with Gasteiger partial charge in [-0.3, -0.25) is 14.5 Å². The highest BCUT2D eigenvalue weighted by Gasteiger charge is 2.54. The average molecular weight is 817 g/mol. The van der Waals surface area contributed by atoms with Gasteiger partial charge < -0.3 is 24.3 Å². The number of pyridine rings is 1. The minimum absolute atomic E-state index is 0.0621. The number of phenols is 1. The molecular formula is C34H28BrF6N3O7S. The highest BCUT2D eigenvalue weighted by Crippen LogP contribution is 2.53. The molecular weight excluding hydrogens is 788 g/mol. The number of ether oxygens (including phenoxy) is 3. The van der Waals surface area contributed by atoms with Crippen molar-refractivity contribution < 1.29 is 58.9 Å². The van der Waals surface area contributed by atoms with Crippen molar-refractivity contribution in [1.29, 1.82) is 0 Å². The van der Waals surface area contributed by atoms with Gasteiger partial charge in [0, 0.05) is 27.2 Å². The first-order valence-corrected chi connectivity index (χ1v) is 17.8. The highest BCUT2D eigenvalue weighted by atomic mass is 79.9. The number of nitrogens with zero attached hydrogens (tertiary/aromatic N) is 1. The lowest BCUT2D eigenvalue weighted by Crippen LogP contribution is -2.39. The number of amides is 1. The molecule has 2 heterocycles. The Kier molecular flexibility index (Phi) is 9.52. The van der Waals surface area contributed by atoms with Crippen LogP contribution in [0.3, 0.4) is 0 Å². The number of hydrogen-bond donors (Lipinski definition) is 3. The fourth-order valence-corrected chi connectivity index (χ4v) is 7.65. The largest absolute Gasteiger partial charge is 0.504 e. The second-order valence-corrected chi connectivity index (χ2v) is 14.9. The maximum absolute atomic E-state index is 13.4. The van der Waals surface area contributed by atoms with E-state index in [2.05, 4.69) is 30.6 Å². The molecule has 5 aromatic rings. The molecule has 52 heavy (non-hydrogen) atoms. The number of nitrogens with one attached hydrogen (secondary N) is 2. The smallest absolute Gasteiger partial charge is 0.422 e. The van der Waals surface area contributed by atoms with Crippen LogP contribution in [0.25, 0.3) is 32.9 Å². The van der Waals surface area contributed by atoms with E-state index in [1.165, 1.54) is 43.6 Å². The van der Waals surface area contributed by atoms with E-state index < -0.39 is 70.0 Å². The molecule has 0 spiro atoms. The zero-order chi connectivity index (χ0) is 37.8. The van der Waals surface area contributed by atoms with Crippen molar-refractivity contribution in [3.05, 3.63) is 75.9 Å². The summed E-state index contributed by atoms with van der Waals surface area (Å²) in [6.45, 7) is -1.99. The lowest BCUT2D eigenvalue weighted by Gasteiger charge is -2.19. The molecule has 18 heteroatoms. The maximum atomic E-state index is 13.4. The van der Waals surface area contributed by atoms with E-state index in [0.29, 0.717) is 34.2 Å². The second kappa shape index (κ2) is 13.4. The Morgan fingerprint density at radius 2 is 1.71 bits per heavy atom. The molecule has 2 aromatic heterocycles. The maximum Gasteiger partial charge on any atom is 0.422 e. The SMILES string of the molecule is COc1ccc(Br)cc1C1(C(=O)NS(=O)(=O)Cc2ccc(-c3[nH]c(OCC(F)(F)F)c4c3c(O)c(OCC(F)(F)F)c3cccnc34)c(C)c2)CC1. The Morgan fingerprint density at radius 3 is 2.35 bits per heavy atom. The number of aromatic nitrogens is 2. The number of aromatic amines is 1. The number of phenolic OH excluding ortho intramolecular Hbond substituents is 1. The zero-order valence-electron chi connectivity index (χ0n) is 27.1. The molecule has 0 atom stereocenters. The lowest BCUT2D eigenvalue weighted by molar-refractivity contribution is -0.154. The third-order valence-electron chi connectivity index (χ3n) is 8.49. The Morgan fingerprint density at radius 1 is 1.02 bits per heavy atom. The van der Waals surface area contributed by atoms with Crippen molar-refractivity contribution in [2.24, 2.45) is 0 Å². The van der Waals surface area contributed by atoms with Crippen LogP contribution in [0.4, 0.5) is 26.3 Å². The fraction of sp³-hybridized carbons (Fsp3) is 0.294. The van der Waals surface area contributed by atoms with Crippen LogP contribution in [0, 0.1) is 6.92 Å². The number of H-pyrrole nitrogens is 1. The molecule has 1 aliphatic carbocycles. The molecule has 1 aliphatic rings. The van der Waals surface area contributed by atoms with E-state index in [-0.39, 0.29) is 38.5 Å². The molecule has 3 N–H and O–H groups in total. The van der Waals surface area contributed by atoms with Crippen molar-refractivity contribution in [2.45, 2.75) is 43.3 Å². The molecule has 1 saturated carbocycles. The average Bonchev–Trinajstić information content (AvgIpc) is 3.78. The topological polar surface area (TPSA) is 140 Å². The van der Waals surface area contributed by atoms with Gasteiger partial charge in [-0.25, -0.2) is 8.42 Å². The van der Waals surface area contributed by atoms with Gasteiger partial charge in [-0.05, 0) is 61.2 Å². The fourth-order valence-electron chi connectivity index (χ4n) is 6.12. The normalized spacial score (nSPS) is 14.4. The summed E-state index contributed by atoms with van der Waals surface area (Å²) in [5, 5.41) is 10.8. The van der Waals surface area contributed by atoms with Crippen molar-refractivity contribution in [3.63, 3.8) is 0 Å².